The number of halogens is 1. The van der Waals surface area contributed by atoms with Crippen LogP contribution in [0.25, 0.3) is 17.5 Å². The number of piperazine rings is 1. The van der Waals surface area contributed by atoms with Crippen LogP contribution < -0.4 is 0 Å². The van der Waals surface area contributed by atoms with Gasteiger partial charge in [-0.3, -0.25) is 14.6 Å². The van der Waals surface area contributed by atoms with Crippen molar-refractivity contribution in [2.45, 2.75) is 13.3 Å². The number of hydrogen-bond donors (Lipinski definition) is 0. The molecule has 0 N–H and O–H groups in total. The van der Waals surface area contributed by atoms with Crippen molar-refractivity contribution >= 4 is 29.5 Å². The van der Waals surface area contributed by atoms with E-state index in [2.05, 4.69) is 15.1 Å². The van der Waals surface area contributed by atoms with Gasteiger partial charge in [0.25, 0.3) is 0 Å². The summed E-state index contributed by atoms with van der Waals surface area (Å²) in [5.41, 5.74) is 2.28. The Morgan fingerprint density at radius 2 is 1.92 bits per heavy atom. The van der Waals surface area contributed by atoms with Crippen molar-refractivity contribution in [3.63, 3.8) is 0 Å². The van der Waals surface area contributed by atoms with Crippen molar-refractivity contribution in [1.82, 2.24) is 24.9 Å². The molecule has 9 heteroatoms. The van der Waals surface area contributed by atoms with Gasteiger partial charge in [0.1, 0.15) is 0 Å². The molecule has 1 fully saturated rings. The molecule has 0 bridgehead atoms. The van der Waals surface area contributed by atoms with Gasteiger partial charge in [-0.15, -0.1) is 0 Å². The van der Waals surface area contributed by atoms with Crippen LogP contribution in [0.1, 0.15) is 28.9 Å². The molecule has 1 saturated heterocycles. The number of aromatic nitrogens is 3. The Morgan fingerprint density at radius 1 is 1.19 bits per heavy atom. The lowest BCUT2D eigenvalue weighted by Gasteiger charge is -2.33. The zero-order chi connectivity index (χ0) is 18.3. The highest BCUT2D eigenvalue weighted by molar-refractivity contribution is 6.34. The minimum absolute atomic E-state index is 0.00461. The average Bonchev–Trinajstić information content (AvgIpc) is 3.31. The van der Waals surface area contributed by atoms with E-state index < -0.39 is 0 Å². The van der Waals surface area contributed by atoms with Gasteiger partial charge in [-0.25, -0.2) is 0 Å². The van der Waals surface area contributed by atoms with Gasteiger partial charge in [-0.1, -0.05) is 28.9 Å². The molecule has 1 aliphatic carbocycles. The standard InChI is InChI=1S/C17H16ClN5O3/c1-10(24)22-5-7-23(8-6-22)17(25)16-20-15(21-26-16)12-9-19-13-4-2-3-11(13)14(12)18/h2-3,9H,4-8H2,1H3. The van der Waals surface area contributed by atoms with Crippen LogP contribution in [-0.4, -0.2) is 62.9 Å². The molecule has 8 nitrogen and oxygen atoms in total. The van der Waals surface area contributed by atoms with Crippen LogP contribution >= 0.6 is 11.6 Å². The maximum Gasteiger partial charge on any atom is 0.316 e. The maximum atomic E-state index is 12.6. The second-order valence-electron chi connectivity index (χ2n) is 6.17. The molecule has 0 unspecified atom stereocenters. The first-order valence-corrected chi connectivity index (χ1v) is 8.65. The fraction of sp³-hybridized carbons (Fsp3) is 0.353. The van der Waals surface area contributed by atoms with Crippen LogP contribution in [0.4, 0.5) is 0 Å². The molecule has 0 spiro atoms. The smallest absolute Gasteiger partial charge is 0.316 e. The largest absolute Gasteiger partial charge is 0.339 e. The van der Waals surface area contributed by atoms with Crippen molar-refractivity contribution in [2.75, 3.05) is 26.2 Å². The van der Waals surface area contributed by atoms with Crippen molar-refractivity contribution in [3.8, 4) is 11.4 Å². The van der Waals surface area contributed by atoms with E-state index in [0.29, 0.717) is 36.8 Å². The Labute approximate surface area is 154 Å². The highest BCUT2D eigenvalue weighted by atomic mass is 35.5. The summed E-state index contributed by atoms with van der Waals surface area (Å²) < 4.78 is 5.15. The number of nitrogens with zero attached hydrogens (tertiary/aromatic N) is 5. The number of amides is 2. The zero-order valence-electron chi connectivity index (χ0n) is 14.1. The van der Waals surface area contributed by atoms with Crippen molar-refractivity contribution in [2.24, 2.45) is 0 Å². The van der Waals surface area contributed by atoms with Gasteiger partial charge in [0.05, 0.1) is 16.3 Å². The molecule has 3 heterocycles. The molecule has 0 saturated carbocycles. The van der Waals surface area contributed by atoms with Crippen LogP contribution in [0.15, 0.2) is 16.8 Å². The lowest BCUT2D eigenvalue weighted by Crippen LogP contribution is -2.50. The fourth-order valence-electron chi connectivity index (χ4n) is 3.10. The van der Waals surface area contributed by atoms with Gasteiger partial charge in [-0.2, -0.15) is 4.98 Å². The molecule has 2 aromatic rings. The lowest BCUT2D eigenvalue weighted by molar-refractivity contribution is -0.130. The summed E-state index contributed by atoms with van der Waals surface area (Å²) in [5, 5.41) is 4.38. The first-order valence-electron chi connectivity index (χ1n) is 8.27. The molecular weight excluding hydrogens is 358 g/mol. The van der Waals surface area contributed by atoms with E-state index in [1.807, 2.05) is 12.2 Å². The summed E-state index contributed by atoms with van der Waals surface area (Å²) in [6, 6.07) is 0. The van der Waals surface area contributed by atoms with Crippen LogP contribution in [-0.2, 0) is 11.2 Å². The maximum absolute atomic E-state index is 12.6. The normalized spacial score (nSPS) is 16.1. The summed E-state index contributed by atoms with van der Waals surface area (Å²) in [6.45, 7) is 3.37. The molecule has 2 aliphatic rings. The third-order valence-electron chi connectivity index (χ3n) is 4.59. The predicted molar refractivity (Wildman–Crippen MR) is 93.4 cm³/mol. The number of hydrogen-bond acceptors (Lipinski definition) is 6. The Hall–Kier alpha value is -2.74. The predicted octanol–water partition coefficient (Wildman–Crippen LogP) is 1.66. The molecule has 2 aromatic heterocycles. The quantitative estimate of drug-likeness (QED) is 0.794. The molecule has 4 rings (SSSR count). The van der Waals surface area contributed by atoms with Crippen LogP contribution in [0, 0.1) is 0 Å². The molecule has 0 atom stereocenters. The monoisotopic (exact) mass is 373 g/mol. The average molecular weight is 374 g/mol. The minimum atomic E-state index is -0.350. The van der Waals surface area contributed by atoms with Gasteiger partial charge in [-0.05, 0) is 0 Å². The van der Waals surface area contributed by atoms with Gasteiger partial charge >= 0.3 is 11.8 Å². The highest BCUT2D eigenvalue weighted by Crippen LogP contribution is 2.33. The molecule has 1 aliphatic heterocycles. The fourth-order valence-corrected chi connectivity index (χ4v) is 3.40. The molecule has 0 aromatic carbocycles. The van der Waals surface area contributed by atoms with E-state index in [1.165, 1.54) is 6.92 Å². The zero-order valence-corrected chi connectivity index (χ0v) is 14.9. The highest BCUT2D eigenvalue weighted by Gasteiger charge is 2.28. The third kappa shape index (κ3) is 2.86. The summed E-state index contributed by atoms with van der Waals surface area (Å²) in [4.78, 5) is 35.8. The van der Waals surface area contributed by atoms with Gasteiger partial charge in [0, 0.05) is 51.3 Å². The first kappa shape index (κ1) is 16.7. The SMILES string of the molecule is CC(=O)N1CCN(C(=O)c2nc(-c3cnc4c(c3Cl)C=CC4)no2)CC1. The van der Waals surface area contributed by atoms with Gasteiger partial charge in [0.2, 0.25) is 11.7 Å². The van der Waals surface area contributed by atoms with E-state index >= 15 is 0 Å². The summed E-state index contributed by atoms with van der Waals surface area (Å²) in [7, 11) is 0. The van der Waals surface area contributed by atoms with Gasteiger partial charge in [0.15, 0.2) is 0 Å². The minimum Gasteiger partial charge on any atom is -0.339 e. The Balaban J connectivity index is 1.53. The van der Waals surface area contributed by atoms with E-state index in [9.17, 15) is 9.59 Å². The summed E-state index contributed by atoms with van der Waals surface area (Å²) in [6.07, 6.45) is 6.24. The second kappa shape index (κ2) is 6.53. The van der Waals surface area contributed by atoms with Gasteiger partial charge < -0.3 is 14.3 Å². The second-order valence-corrected chi connectivity index (χ2v) is 6.55. The first-order chi connectivity index (χ1) is 12.5. The van der Waals surface area contributed by atoms with E-state index in [0.717, 1.165) is 17.7 Å². The number of carbonyl (C=O) groups excluding carboxylic acids is 2. The van der Waals surface area contributed by atoms with Crippen molar-refractivity contribution in [3.05, 3.63) is 34.4 Å². The molecule has 2 amide bonds. The molecule has 26 heavy (non-hydrogen) atoms. The lowest BCUT2D eigenvalue weighted by atomic mass is 10.1. The van der Waals surface area contributed by atoms with Crippen LogP contribution in [0.2, 0.25) is 5.02 Å². The van der Waals surface area contributed by atoms with E-state index in [1.54, 1.807) is 16.0 Å². The third-order valence-corrected chi connectivity index (χ3v) is 5.00. The number of fused-ring (bicyclic) bond motifs is 1. The molecule has 0 radical (unpaired) electrons. The number of pyridine rings is 1. The van der Waals surface area contributed by atoms with Crippen LogP contribution in [0.3, 0.4) is 0 Å². The molecular formula is C17H16ClN5O3. The topological polar surface area (TPSA) is 92.4 Å². The summed E-state index contributed by atoms with van der Waals surface area (Å²) in [5.74, 6) is -0.207. The van der Waals surface area contributed by atoms with E-state index in [-0.39, 0.29) is 23.5 Å². The number of rotatable bonds is 2. The Bertz CT molecular complexity index is 915. The number of carbonyl (C=O) groups is 2. The Morgan fingerprint density at radius 3 is 2.65 bits per heavy atom. The van der Waals surface area contributed by atoms with Crippen molar-refractivity contribution in [1.29, 1.82) is 0 Å². The Kier molecular flexibility index (Phi) is 4.20. The number of allylic oxidation sites excluding steroid dienone is 1. The van der Waals surface area contributed by atoms with E-state index in [4.69, 9.17) is 16.1 Å². The summed E-state index contributed by atoms with van der Waals surface area (Å²) >= 11 is 6.43. The van der Waals surface area contributed by atoms with Crippen LogP contribution in [0.5, 0.6) is 0 Å². The molecule has 134 valence electrons. The van der Waals surface area contributed by atoms with Crippen molar-refractivity contribution < 1.29 is 14.1 Å².